The second kappa shape index (κ2) is 4.64. The molecule has 0 saturated carbocycles. The van der Waals surface area contributed by atoms with Crippen molar-refractivity contribution in [2.24, 2.45) is 0 Å². The Bertz CT molecular complexity index is 865. The Labute approximate surface area is 119 Å². The first-order chi connectivity index (χ1) is 9.92. The minimum Gasteiger partial charge on any atom is -0.265 e. The van der Waals surface area contributed by atoms with Crippen molar-refractivity contribution < 1.29 is 0 Å². The Hall–Kier alpha value is -2.34. The van der Waals surface area contributed by atoms with E-state index in [0.717, 1.165) is 27.7 Å². The number of nitrogens with one attached hydrogen (secondary N) is 1. The SMILES string of the molecule is c1ccc2c(c1)nc1[nH]nc(SCc3ccncc3)n12. The second-order valence-electron chi connectivity index (χ2n) is 4.41. The van der Waals surface area contributed by atoms with Gasteiger partial charge in [-0.1, -0.05) is 23.9 Å². The van der Waals surface area contributed by atoms with Crippen LogP contribution in [0.4, 0.5) is 0 Å². The predicted molar refractivity (Wildman–Crippen MR) is 78.6 cm³/mol. The van der Waals surface area contributed by atoms with E-state index in [0.29, 0.717) is 0 Å². The van der Waals surface area contributed by atoms with Gasteiger partial charge in [-0.05, 0) is 29.8 Å². The van der Waals surface area contributed by atoms with E-state index in [1.54, 1.807) is 11.8 Å². The zero-order valence-corrected chi connectivity index (χ0v) is 11.3. The molecular weight excluding hydrogens is 270 g/mol. The van der Waals surface area contributed by atoms with E-state index in [-0.39, 0.29) is 0 Å². The lowest BCUT2D eigenvalue weighted by Crippen LogP contribution is -1.87. The minimum absolute atomic E-state index is 0.781. The summed E-state index contributed by atoms with van der Waals surface area (Å²) in [6.07, 6.45) is 3.62. The van der Waals surface area contributed by atoms with Crippen LogP contribution in [0, 0.1) is 0 Å². The molecule has 0 atom stereocenters. The highest BCUT2D eigenvalue weighted by atomic mass is 32.2. The van der Waals surface area contributed by atoms with E-state index >= 15 is 0 Å². The fraction of sp³-hybridized carbons (Fsp3) is 0.0714. The average Bonchev–Trinajstić information content (AvgIpc) is 3.05. The first-order valence-electron chi connectivity index (χ1n) is 6.25. The first kappa shape index (κ1) is 11.5. The highest BCUT2D eigenvalue weighted by Crippen LogP contribution is 2.25. The molecule has 98 valence electrons. The molecule has 0 bridgehead atoms. The summed E-state index contributed by atoms with van der Waals surface area (Å²) in [5.41, 5.74) is 3.28. The fourth-order valence-electron chi connectivity index (χ4n) is 2.17. The van der Waals surface area contributed by atoms with E-state index in [4.69, 9.17) is 0 Å². The van der Waals surface area contributed by atoms with Gasteiger partial charge in [0.1, 0.15) is 0 Å². The Morgan fingerprint density at radius 1 is 1.10 bits per heavy atom. The number of aromatic amines is 1. The van der Waals surface area contributed by atoms with Crippen LogP contribution in [0.5, 0.6) is 0 Å². The van der Waals surface area contributed by atoms with Crippen molar-refractivity contribution >= 4 is 28.6 Å². The van der Waals surface area contributed by atoms with E-state index in [1.807, 2.05) is 42.7 Å². The number of hydrogen-bond acceptors (Lipinski definition) is 4. The number of nitrogens with zero attached hydrogens (tertiary/aromatic N) is 4. The highest BCUT2D eigenvalue weighted by molar-refractivity contribution is 7.98. The molecule has 0 aliphatic carbocycles. The maximum atomic E-state index is 4.51. The van der Waals surface area contributed by atoms with E-state index in [9.17, 15) is 0 Å². The predicted octanol–water partition coefficient (Wildman–Crippen LogP) is 2.90. The summed E-state index contributed by atoms with van der Waals surface area (Å²) in [5.74, 6) is 1.64. The third-order valence-corrected chi connectivity index (χ3v) is 4.13. The van der Waals surface area contributed by atoms with Crippen molar-refractivity contribution in [2.45, 2.75) is 10.9 Å². The zero-order chi connectivity index (χ0) is 13.4. The van der Waals surface area contributed by atoms with E-state index in [2.05, 4.69) is 30.6 Å². The van der Waals surface area contributed by atoms with Crippen LogP contribution in [0.2, 0.25) is 0 Å². The highest BCUT2D eigenvalue weighted by Gasteiger charge is 2.11. The van der Waals surface area contributed by atoms with Crippen LogP contribution in [0.1, 0.15) is 5.56 Å². The van der Waals surface area contributed by atoms with Gasteiger partial charge in [-0.2, -0.15) is 0 Å². The van der Waals surface area contributed by atoms with Crippen LogP contribution < -0.4 is 0 Å². The number of H-pyrrole nitrogens is 1. The van der Waals surface area contributed by atoms with Crippen molar-refractivity contribution in [3.8, 4) is 0 Å². The molecule has 0 unspecified atom stereocenters. The number of benzene rings is 1. The third kappa shape index (κ3) is 1.85. The quantitative estimate of drug-likeness (QED) is 0.587. The van der Waals surface area contributed by atoms with E-state index in [1.165, 1.54) is 5.56 Å². The van der Waals surface area contributed by atoms with Gasteiger partial charge in [0.2, 0.25) is 5.78 Å². The Balaban J connectivity index is 1.73. The number of imidazole rings is 1. The lowest BCUT2D eigenvalue weighted by Gasteiger charge is -1.99. The molecule has 0 fully saturated rings. The largest absolute Gasteiger partial charge is 0.265 e. The van der Waals surface area contributed by atoms with Gasteiger partial charge in [-0.3, -0.25) is 9.38 Å². The van der Waals surface area contributed by atoms with Crippen LogP contribution in [0.25, 0.3) is 16.8 Å². The average molecular weight is 281 g/mol. The Morgan fingerprint density at radius 3 is 2.85 bits per heavy atom. The lowest BCUT2D eigenvalue weighted by atomic mass is 10.3. The molecule has 4 aromatic rings. The smallest absolute Gasteiger partial charge is 0.231 e. The van der Waals surface area contributed by atoms with Crippen molar-refractivity contribution in [1.82, 2.24) is 24.6 Å². The van der Waals surface area contributed by atoms with Gasteiger partial charge in [-0.15, -0.1) is 5.10 Å². The summed E-state index contributed by atoms with van der Waals surface area (Å²) in [4.78, 5) is 8.54. The standard InChI is InChI=1S/C14H11N5S/c1-2-4-12-11(3-1)16-13-17-18-14(19(12)13)20-9-10-5-7-15-8-6-10/h1-8H,9H2,(H,16,17). The van der Waals surface area contributed by atoms with Crippen LogP contribution in [-0.2, 0) is 5.75 Å². The number of rotatable bonds is 3. The number of thioether (sulfide) groups is 1. The Kier molecular flexibility index (Phi) is 2.67. The van der Waals surface area contributed by atoms with Crippen LogP contribution in [0.3, 0.4) is 0 Å². The first-order valence-corrected chi connectivity index (χ1v) is 7.23. The normalized spacial score (nSPS) is 11.4. The molecule has 0 aliphatic heterocycles. The van der Waals surface area contributed by atoms with Gasteiger partial charge in [0.25, 0.3) is 0 Å². The summed E-state index contributed by atoms with van der Waals surface area (Å²) in [6, 6.07) is 12.1. The topological polar surface area (TPSA) is 58.9 Å². The minimum atomic E-state index is 0.781. The fourth-order valence-corrected chi connectivity index (χ4v) is 3.08. The number of hydrogen-bond donors (Lipinski definition) is 1. The maximum absolute atomic E-state index is 4.51. The summed E-state index contributed by atoms with van der Waals surface area (Å²) in [5, 5.41) is 8.25. The summed E-state index contributed by atoms with van der Waals surface area (Å²) in [7, 11) is 0. The monoisotopic (exact) mass is 281 g/mol. The third-order valence-electron chi connectivity index (χ3n) is 3.12. The zero-order valence-electron chi connectivity index (χ0n) is 10.5. The molecule has 0 amide bonds. The van der Waals surface area contributed by atoms with Crippen LogP contribution in [0.15, 0.2) is 53.9 Å². The molecule has 3 aromatic heterocycles. The summed E-state index contributed by atoms with van der Waals surface area (Å²) < 4.78 is 2.06. The van der Waals surface area contributed by atoms with E-state index < -0.39 is 0 Å². The molecular formula is C14H11N5S. The van der Waals surface area contributed by atoms with Crippen molar-refractivity contribution in [3.05, 3.63) is 54.4 Å². The summed E-state index contributed by atoms with van der Waals surface area (Å²) >= 11 is 1.68. The molecule has 1 N–H and O–H groups in total. The molecule has 5 nitrogen and oxygen atoms in total. The van der Waals surface area contributed by atoms with Gasteiger partial charge < -0.3 is 0 Å². The van der Waals surface area contributed by atoms with Gasteiger partial charge in [0, 0.05) is 18.1 Å². The van der Waals surface area contributed by atoms with Gasteiger partial charge in [0.05, 0.1) is 11.0 Å². The number of para-hydroxylation sites is 2. The van der Waals surface area contributed by atoms with Crippen molar-refractivity contribution in [3.63, 3.8) is 0 Å². The molecule has 0 saturated heterocycles. The van der Waals surface area contributed by atoms with Gasteiger partial charge in [-0.25, -0.2) is 10.1 Å². The molecule has 0 aliphatic rings. The van der Waals surface area contributed by atoms with Crippen LogP contribution >= 0.6 is 11.8 Å². The molecule has 3 heterocycles. The molecule has 4 rings (SSSR count). The summed E-state index contributed by atoms with van der Waals surface area (Å²) in [6.45, 7) is 0. The van der Waals surface area contributed by atoms with Gasteiger partial charge in [0.15, 0.2) is 5.16 Å². The number of pyridine rings is 1. The van der Waals surface area contributed by atoms with Crippen molar-refractivity contribution in [1.29, 1.82) is 0 Å². The van der Waals surface area contributed by atoms with Gasteiger partial charge >= 0.3 is 0 Å². The molecule has 0 radical (unpaired) electrons. The number of aromatic nitrogens is 5. The van der Waals surface area contributed by atoms with Crippen molar-refractivity contribution in [2.75, 3.05) is 0 Å². The molecule has 6 heteroatoms. The maximum Gasteiger partial charge on any atom is 0.231 e. The molecule has 20 heavy (non-hydrogen) atoms. The molecule has 1 aromatic carbocycles. The Morgan fingerprint density at radius 2 is 1.95 bits per heavy atom. The van der Waals surface area contributed by atoms with Crippen LogP contribution in [-0.4, -0.2) is 24.6 Å². The molecule has 0 spiro atoms. The second-order valence-corrected chi connectivity index (χ2v) is 5.35. The lowest BCUT2D eigenvalue weighted by molar-refractivity contribution is 0.940. The number of fused-ring (bicyclic) bond motifs is 3.